The van der Waals surface area contributed by atoms with E-state index < -0.39 is 5.97 Å². The molecule has 1 aliphatic heterocycles. The number of aliphatic carboxylic acids is 1. The third kappa shape index (κ3) is 5.67. The summed E-state index contributed by atoms with van der Waals surface area (Å²) in [4.78, 5) is 38.7. The van der Waals surface area contributed by atoms with Gasteiger partial charge in [-0.2, -0.15) is 5.10 Å². The van der Waals surface area contributed by atoms with Crippen molar-refractivity contribution < 1.29 is 24.2 Å². The van der Waals surface area contributed by atoms with Gasteiger partial charge in [0.25, 0.3) is 11.8 Å². The number of rotatable bonds is 8. The predicted molar refractivity (Wildman–Crippen MR) is 142 cm³/mol. The lowest BCUT2D eigenvalue weighted by molar-refractivity contribution is -0.137. The highest BCUT2D eigenvalue weighted by molar-refractivity contribution is 8.26. The number of nitrogens with zero attached hydrogens (tertiary/aromatic N) is 3. The van der Waals surface area contributed by atoms with Gasteiger partial charge in [-0.05, 0) is 61.0 Å². The SMILES string of the molecule is COc1ccc(-c2nn(C(=O)c3ccc(Cl)cc3)cc2C=C2SC(=S)N(CCCC(=O)O)C2=O)cc1. The van der Waals surface area contributed by atoms with E-state index in [1.165, 1.54) is 9.58 Å². The molecular formula is C25H20ClN3O5S2. The van der Waals surface area contributed by atoms with Gasteiger partial charge in [0.2, 0.25) is 0 Å². The highest BCUT2D eigenvalue weighted by atomic mass is 35.5. The first kappa shape index (κ1) is 25.6. The van der Waals surface area contributed by atoms with Gasteiger partial charge in [-0.3, -0.25) is 19.3 Å². The van der Waals surface area contributed by atoms with Gasteiger partial charge in [-0.25, -0.2) is 4.68 Å². The van der Waals surface area contributed by atoms with Crippen molar-refractivity contribution in [2.75, 3.05) is 13.7 Å². The lowest BCUT2D eigenvalue weighted by atomic mass is 10.1. The molecule has 1 saturated heterocycles. The molecule has 8 nitrogen and oxygen atoms in total. The lowest BCUT2D eigenvalue weighted by Crippen LogP contribution is -2.29. The molecule has 0 aliphatic carbocycles. The zero-order valence-corrected chi connectivity index (χ0v) is 21.4. The van der Waals surface area contributed by atoms with Gasteiger partial charge in [0, 0.05) is 40.9 Å². The number of hydrogen-bond acceptors (Lipinski definition) is 7. The summed E-state index contributed by atoms with van der Waals surface area (Å²) in [7, 11) is 1.57. The van der Waals surface area contributed by atoms with E-state index in [2.05, 4.69) is 5.10 Å². The van der Waals surface area contributed by atoms with Crippen LogP contribution in [-0.4, -0.2) is 55.5 Å². The molecule has 0 spiro atoms. The van der Waals surface area contributed by atoms with E-state index >= 15 is 0 Å². The van der Waals surface area contributed by atoms with Crippen LogP contribution in [0.5, 0.6) is 5.75 Å². The fourth-order valence-corrected chi connectivity index (χ4v) is 4.94. The Kier molecular flexibility index (Phi) is 7.88. The first-order valence-electron chi connectivity index (χ1n) is 10.8. The number of carbonyl (C=O) groups excluding carboxylic acids is 2. The summed E-state index contributed by atoms with van der Waals surface area (Å²) in [6, 6.07) is 13.7. The van der Waals surface area contributed by atoms with Gasteiger partial charge in [-0.15, -0.1) is 0 Å². The Morgan fingerprint density at radius 3 is 2.50 bits per heavy atom. The standard InChI is InChI=1S/C25H20ClN3O5S2/c1-34-19-10-6-15(7-11-19)22-17(14-29(27-22)23(32)16-4-8-18(26)9-5-16)13-20-24(33)28(25(35)36-20)12-2-3-21(30)31/h4-11,13-14H,2-3,12H2,1H3,(H,30,31). The molecule has 2 aromatic carbocycles. The van der Waals surface area contributed by atoms with Crippen LogP contribution in [0, 0.1) is 0 Å². The van der Waals surface area contributed by atoms with Crippen molar-refractivity contribution in [3.63, 3.8) is 0 Å². The fourth-order valence-electron chi connectivity index (χ4n) is 3.52. The van der Waals surface area contributed by atoms with Crippen LogP contribution in [0.15, 0.2) is 59.6 Å². The van der Waals surface area contributed by atoms with Crippen molar-refractivity contribution in [2.24, 2.45) is 0 Å². The topological polar surface area (TPSA) is 102 Å². The zero-order chi connectivity index (χ0) is 25.8. The number of halogens is 1. The molecule has 3 aromatic rings. The molecule has 1 aliphatic rings. The Hall–Kier alpha value is -3.47. The molecule has 36 heavy (non-hydrogen) atoms. The van der Waals surface area contributed by atoms with Crippen LogP contribution in [0.1, 0.15) is 28.8 Å². The van der Waals surface area contributed by atoms with Crippen molar-refractivity contribution in [1.29, 1.82) is 0 Å². The fraction of sp³-hybridized carbons (Fsp3) is 0.160. The first-order valence-corrected chi connectivity index (χ1v) is 12.4. The average Bonchev–Trinajstić information content (AvgIpc) is 3.40. The number of carbonyl (C=O) groups is 3. The van der Waals surface area contributed by atoms with Crippen molar-refractivity contribution in [2.45, 2.75) is 12.8 Å². The number of benzene rings is 2. The largest absolute Gasteiger partial charge is 0.497 e. The van der Waals surface area contributed by atoms with Gasteiger partial charge in [-0.1, -0.05) is 35.6 Å². The van der Waals surface area contributed by atoms with E-state index in [0.29, 0.717) is 43.2 Å². The Labute approximate surface area is 221 Å². The Balaban J connectivity index is 1.70. The Morgan fingerprint density at radius 1 is 1.17 bits per heavy atom. The van der Waals surface area contributed by atoms with E-state index in [-0.39, 0.29) is 24.8 Å². The monoisotopic (exact) mass is 541 g/mol. The second kappa shape index (κ2) is 11.1. The van der Waals surface area contributed by atoms with E-state index in [4.69, 9.17) is 33.7 Å². The second-order valence-corrected chi connectivity index (χ2v) is 9.86. The average molecular weight is 542 g/mol. The zero-order valence-electron chi connectivity index (χ0n) is 19.0. The van der Waals surface area contributed by atoms with Crippen molar-refractivity contribution in [3.05, 3.63) is 75.8 Å². The minimum atomic E-state index is -0.933. The number of aromatic nitrogens is 2. The summed E-state index contributed by atoms with van der Waals surface area (Å²) < 4.78 is 6.81. The van der Waals surface area contributed by atoms with Crippen LogP contribution in [-0.2, 0) is 9.59 Å². The number of carboxylic acids is 1. The minimum Gasteiger partial charge on any atom is -0.497 e. The number of ether oxygens (including phenoxy) is 1. The number of methoxy groups -OCH3 is 1. The lowest BCUT2D eigenvalue weighted by Gasteiger charge is -2.13. The highest BCUT2D eigenvalue weighted by Crippen LogP contribution is 2.35. The molecule has 11 heteroatoms. The van der Waals surface area contributed by atoms with Crippen LogP contribution in [0.3, 0.4) is 0 Å². The third-order valence-corrected chi connectivity index (χ3v) is 6.97. The van der Waals surface area contributed by atoms with Crippen LogP contribution < -0.4 is 4.74 Å². The Morgan fingerprint density at radius 2 is 1.86 bits per heavy atom. The van der Waals surface area contributed by atoms with Gasteiger partial charge >= 0.3 is 5.97 Å². The van der Waals surface area contributed by atoms with E-state index in [9.17, 15) is 14.4 Å². The summed E-state index contributed by atoms with van der Waals surface area (Å²) in [6.45, 7) is 0.216. The van der Waals surface area contributed by atoms with Crippen molar-refractivity contribution >= 4 is 63.8 Å². The van der Waals surface area contributed by atoms with Gasteiger partial charge in [0.15, 0.2) is 0 Å². The predicted octanol–water partition coefficient (Wildman–Crippen LogP) is 4.97. The summed E-state index contributed by atoms with van der Waals surface area (Å²) in [5.74, 6) is -0.938. The maximum Gasteiger partial charge on any atom is 0.303 e. The normalized spacial score (nSPS) is 14.5. The Bertz CT molecular complexity index is 1370. The molecule has 184 valence electrons. The molecule has 2 heterocycles. The molecule has 1 amide bonds. The molecule has 0 atom stereocenters. The smallest absolute Gasteiger partial charge is 0.303 e. The van der Waals surface area contributed by atoms with Crippen molar-refractivity contribution in [1.82, 2.24) is 14.7 Å². The third-order valence-electron chi connectivity index (χ3n) is 5.34. The van der Waals surface area contributed by atoms with Crippen LogP contribution in [0.25, 0.3) is 17.3 Å². The van der Waals surface area contributed by atoms with Crippen molar-refractivity contribution in [3.8, 4) is 17.0 Å². The van der Waals surface area contributed by atoms with Gasteiger partial charge in [0.05, 0.1) is 12.0 Å². The summed E-state index contributed by atoms with van der Waals surface area (Å²) in [5, 5.41) is 13.9. The maximum absolute atomic E-state index is 13.1. The number of thioether (sulfide) groups is 1. The molecule has 0 radical (unpaired) electrons. The number of hydrogen-bond donors (Lipinski definition) is 1. The maximum atomic E-state index is 13.1. The number of amides is 1. The van der Waals surface area contributed by atoms with Crippen LogP contribution in [0.2, 0.25) is 5.02 Å². The summed E-state index contributed by atoms with van der Waals surface area (Å²) in [6.07, 6.45) is 3.44. The summed E-state index contributed by atoms with van der Waals surface area (Å²) >= 11 is 12.4. The van der Waals surface area contributed by atoms with E-state index in [1.54, 1.807) is 55.8 Å². The molecule has 0 saturated carbocycles. The first-order chi connectivity index (χ1) is 17.3. The molecule has 0 unspecified atom stereocenters. The van der Waals surface area contributed by atoms with Crippen LogP contribution >= 0.6 is 35.6 Å². The van der Waals surface area contributed by atoms with Crippen LogP contribution in [0.4, 0.5) is 0 Å². The molecule has 0 bridgehead atoms. The van der Waals surface area contributed by atoms with E-state index in [0.717, 1.165) is 17.3 Å². The molecule has 1 aromatic heterocycles. The van der Waals surface area contributed by atoms with Gasteiger partial charge in [0.1, 0.15) is 15.8 Å². The second-order valence-electron chi connectivity index (χ2n) is 7.75. The van der Waals surface area contributed by atoms with E-state index in [1.807, 2.05) is 12.1 Å². The summed E-state index contributed by atoms with van der Waals surface area (Å²) in [5.41, 5.74) is 2.17. The number of thiocarbonyl (C=S) groups is 1. The molecular weight excluding hydrogens is 522 g/mol. The molecule has 4 rings (SSSR count). The number of carboxylic acid groups (broad SMARTS) is 1. The van der Waals surface area contributed by atoms with Gasteiger partial charge < -0.3 is 9.84 Å². The minimum absolute atomic E-state index is 0.0582. The molecule has 1 fully saturated rings. The molecule has 1 N–H and O–H groups in total. The quantitative estimate of drug-likeness (QED) is 0.315. The highest BCUT2D eigenvalue weighted by Gasteiger charge is 2.32.